The first-order valence-corrected chi connectivity index (χ1v) is 7.09. The van der Waals surface area contributed by atoms with E-state index in [1.807, 2.05) is 11.8 Å². The minimum Gasteiger partial charge on any atom is -0.477 e. The van der Waals surface area contributed by atoms with Crippen LogP contribution in [-0.2, 0) is 6.54 Å². The molecule has 0 aromatic carbocycles. The number of carboxylic acids is 1. The van der Waals surface area contributed by atoms with Gasteiger partial charge in [-0.15, -0.1) is 0 Å². The predicted molar refractivity (Wildman–Crippen MR) is 70.2 cm³/mol. The molecule has 0 aliphatic carbocycles. The maximum Gasteiger partial charge on any atom is 0.352 e. The molecule has 0 amide bonds. The minimum absolute atomic E-state index is 0.265. The Morgan fingerprint density at radius 1 is 1.41 bits per heavy atom. The third-order valence-electron chi connectivity index (χ3n) is 2.84. The lowest BCUT2D eigenvalue weighted by atomic mass is 10.4. The lowest BCUT2D eigenvalue weighted by molar-refractivity contribution is 0.0684. The zero-order chi connectivity index (χ0) is 12.3. The van der Waals surface area contributed by atoms with Crippen LogP contribution in [0.5, 0.6) is 0 Å². The van der Waals surface area contributed by atoms with Crippen LogP contribution in [0.4, 0.5) is 0 Å². The number of carboxylic acid groups (broad SMARTS) is 1. The Morgan fingerprint density at radius 3 is 2.76 bits per heavy atom. The van der Waals surface area contributed by atoms with Crippen LogP contribution >= 0.6 is 23.4 Å². The molecule has 0 spiro atoms. The number of thioether (sulfide) groups is 1. The Kier molecular flexibility index (Phi) is 4.36. The van der Waals surface area contributed by atoms with Crippen LogP contribution in [0.25, 0.3) is 0 Å². The molecule has 4 nitrogen and oxygen atoms in total. The van der Waals surface area contributed by atoms with Crippen LogP contribution in [0.3, 0.4) is 0 Å². The SMILES string of the molecule is O=C(O)c1cc(Cl)cn1CCN1CCSCC1. The molecule has 0 unspecified atom stereocenters. The predicted octanol–water partition coefficient (Wildman–Crippen LogP) is 1.89. The lowest BCUT2D eigenvalue weighted by Gasteiger charge is -2.26. The Balaban J connectivity index is 1.95. The lowest BCUT2D eigenvalue weighted by Crippen LogP contribution is -2.35. The van der Waals surface area contributed by atoms with Crippen LogP contribution in [-0.4, -0.2) is 51.7 Å². The first-order chi connectivity index (χ1) is 8.16. The summed E-state index contributed by atoms with van der Waals surface area (Å²) in [5.74, 6) is 1.40. The summed E-state index contributed by atoms with van der Waals surface area (Å²) in [7, 11) is 0. The zero-order valence-electron chi connectivity index (χ0n) is 9.43. The highest BCUT2D eigenvalue weighted by molar-refractivity contribution is 7.99. The van der Waals surface area contributed by atoms with E-state index < -0.39 is 5.97 Å². The molecule has 2 heterocycles. The van der Waals surface area contributed by atoms with Crippen molar-refractivity contribution in [1.29, 1.82) is 0 Å². The van der Waals surface area contributed by atoms with E-state index in [9.17, 15) is 4.79 Å². The van der Waals surface area contributed by atoms with E-state index in [1.54, 1.807) is 10.8 Å². The van der Waals surface area contributed by atoms with Gasteiger partial charge in [-0.05, 0) is 6.07 Å². The van der Waals surface area contributed by atoms with Gasteiger partial charge < -0.3 is 9.67 Å². The standard InChI is InChI=1S/C11H15ClN2O2S/c12-9-7-10(11(15)16)14(8-9)2-1-13-3-5-17-6-4-13/h7-8H,1-6H2,(H,15,16). The first-order valence-electron chi connectivity index (χ1n) is 5.56. The number of hydrogen-bond acceptors (Lipinski definition) is 3. The average molecular weight is 275 g/mol. The van der Waals surface area contributed by atoms with Gasteiger partial charge in [-0.25, -0.2) is 4.79 Å². The molecule has 1 aromatic rings. The number of nitrogens with zero attached hydrogens (tertiary/aromatic N) is 2. The molecule has 1 saturated heterocycles. The molecule has 1 aromatic heterocycles. The topological polar surface area (TPSA) is 45.5 Å². The van der Waals surface area contributed by atoms with Crippen molar-refractivity contribution in [3.05, 3.63) is 23.0 Å². The summed E-state index contributed by atoms with van der Waals surface area (Å²) >= 11 is 7.80. The Labute approximate surface area is 110 Å². The van der Waals surface area contributed by atoms with Crippen molar-refractivity contribution in [2.45, 2.75) is 6.54 Å². The van der Waals surface area contributed by atoms with E-state index in [0.717, 1.165) is 31.1 Å². The molecular weight excluding hydrogens is 260 g/mol. The van der Waals surface area contributed by atoms with Crippen molar-refractivity contribution in [3.8, 4) is 0 Å². The Hall–Kier alpha value is -0.650. The molecule has 1 fully saturated rings. The molecule has 94 valence electrons. The molecule has 6 heteroatoms. The maximum atomic E-state index is 11.0. The summed E-state index contributed by atoms with van der Waals surface area (Å²) in [5.41, 5.74) is 0.265. The molecule has 0 bridgehead atoms. The van der Waals surface area contributed by atoms with Gasteiger partial charge in [0.2, 0.25) is 0 Å². The van der Waals surface area contributed by atoms with Crippen LogP contribution in [0, 0.1) is 0 Å². The van der Waals surface area contributed by atoms with Crippen molar-refractivity contribution in [2.24, 2.45) is 0 Å². The molecule has 0 saturated carbocycles. The van der Waals surface area contributed by atoms with Crippen LogP contribution in [0.15, 0.2) is 12.3 Å². The molecule has 1 aliphatic rings. The number of rotatable bonds is 4. The summed E-state index contributed by atoms with van der Waals surface area (Å²) in [6, 6.07) is 1.50. The second-order valence-electron chi connectivity index (χ2n) is 4.00. The third-order valence-corrected chi connectivity index (χ3v) is 3.99. The van der Waals surface area contributed by atoms with Gasteiger partial charge in [0.25, 0.3) is 0 Å². The van der Waals surface area contributed by atoms with E-state index in [-0.39, 0.29) is 5.69 Å². The largest absolute Gasteiger partial charge is 0.477 e. The highest BCUT2D eigenvalue weighted by Gasteiger charge is 2.14. The fourth-order valence-corrected chi connectivity index (χ4v) is 3.11. The second kappa shape index (κ2) is 5.80. The molecular formula is C11H15ClN2O2S. The highest BCUT2D eigenvalue weighted by atomic mass is 35.5. The number of hydrogen-bond donors (Lipinski definition) is 1. The second-order valence-corrected chi connectivity index (χ2v) is 5.66. The van der Waals surface area contributed by atoms with Crippen molar-refractivity contribution >= 4 is 29.3 Å². The fourth-order valence-electron chi connectivity index (χ4n) is 1.91. The first kappa shape index (κ1) is 12.8. The van der Waals surface area contributed by atoms with E-state index in [1.165, 1.54) is 6.07 Å². The summed E-state index contributed by atoms with van der Waals surface area (Å²) in [6.07, 6.45) is 1.68. The van der Waals surface area contributed by atoms with Gasteiger partial charge >= 0.3 is 5.97 Å². The minimum atomic E-state index is -0.925. The number of aromatic carboxylic acids is 1. The number of halogens is 1. The average Bonchev–Trinajstić information content (AvgIpc) is 2.69. The van der Waals surface area contributed by atoms with Crippen LogP contribution < -0.4 is 0 Å². The monoisotopic (exact) mass is 274 g/mol. The number of carbonyl (C=O) groups is 1. The molecule has 0 radical (unpaired) electrons. The third kappa shape index (κ3) is 3.40. The van der Waals surface area contributed by atoms with Crippen molar-refractivity contribution in [2.75, 3.05) is 31.1 Å². The molecule has 1 aliphatic heterocycles. The quantitative estimate of drug-likeness (QED) is 0.911. The van der Waals surface area contributed by atoms with Gasteiger partial charge in [0, 0.05) is 43.9 Å². The maximum absolute atomic E-state index is 11.0. The van der Waals surface area contributed by atoms with Crippen LogP contribution in [0.2, 0.25) is 5.02 Å². The van der Waals surface area contributed by atoms with Gasteiger partial charge in [-0.2, -0.15) is 11.8 Å². The summed E-state index contributed by atoms with van der Waals surface area (Å²) in [4.78, 5) is 13.3. The van der Waals surface area contributed by atoms with E-state index in [2.05, 4.69) is 4.90 Å². The molecule has 2 rings (SSSR count). The van der Waals surface area contributed by atoms with Crippen molar-refractivity contribution in [3.63, 3.8) is 0 Å². The van der Waals surface area contributed by atoms with E-state index in [4.69, 9.17) is 16.7 Å². The summed E-state index contributed by atoms with van der Waals surface area (Å²) < 4.78 is 1.71. The van der Waals surface area contributed by atoms with E-state index >= 15 is 0 Å². The highest BCUT2D eigenvalue weighted by Crippen LogP contribution is 2.15. The molecule has 1 N–H and O–H groups in total. The zero-order valence-corrected chi connectivity index (χ0v) is 11.0. The molecule has 0 atom stereocenters. The van der Waals surface area contributed by atoms with Gasteiger partial charge in [0.1, 0.15) is 5.69 Å². The van der Waals surface area contributed by atoms with Gasteiger partial charge in [0.05, 0.1) is 5.02 Å². The fraction of sp³-hybridized carbons (Fsp3) is 0.545. The number of aromatic nitrogens is 1. The van der Waals surface area contributed by atoms with Gasteiger partial charge in [0.15, 0.2) is 0 Å². The van der Waals surface area contributed by atoms with Gasteiger partial charge in [-0.3, -0.25) is 4.90 Å². The smallest absolute Gasteiger partial charge is 0.352 e. The Morgan fingerprint density at radius 2 is 2.12 bits per heavy atom. The van der Waals surface area contributed by atoms with Crippen molar-refractivity contribution in [1.82, 2.24) is 9.47 Å². The van der Waals surface area contributed by atoms with Crippen LogP contribution in [0.1, 0.15) is 10.5 Å². The van der Waals surface area contributed by atoms with Crippen molar-refractivity contribution < 1.29 is 9.90 Å². The molecule has 17 heavy (non-hydrogen) atoms. The summed E-state index contributed by atoms with van der Waals surface area (Å²) in [6.45, 7) is 3.73. The van der Waals surface area contributed by atoms with Gasteiger partial charge in [-0.1, -0.05) is 11.6 Å². The van der Waals surface area contributed by atoms with E-state index in [0.29, 0.717) is 11.6 Å². The Bertz CT molecular complexity index is 402. The summed E-state index contributed by atoms with van der Waals surface area (Å²) in [5, 5.41) is 9.50. The normalized spacial score (nSPS) is 17.2.